The molecule has 1 spiro atoms. The van der Waals surface area contributed by atoms with Gasteiger partial charge in [-0.3, -0.25) is 4.48 Å². The number of phenols is 5. The number of methoxy groups -OCH3 is 1. The second-order valence-corrected chi connectivity index (χ2v) is 9.08. The maximum absolute atomic E-state index is 10.4. The molecule has 3 heterocycles. The van der Waals surface area contributed by atoms with Gasteiger partial charge in [0.05, 0.1) is 13.7 Å². The van der Waals surface area contributed by atoms with Gasteiger partial charge in [0.15, 0.2) is 34.5 Å². The van der Waals surface area contributed by atoms with E-state index in [0.29, 0.717) is 29.5 Å². The Balaban J connectivity index is 1.66. The SMILES string of the molecule is COc1cc2c(cc1O)C[C@@H]1c3cc(O)c(O)cc3C[C@H]3c4cc(O)c(O)cc4CC[N@@+]213. The molecule has 0 aromatic heterocycles. The highest BCUT2D eigenvalue weighted by Crippen LogP contribution is 2.61. The van der Waals surface area contributed by atoms with Gasteiger partial charge in [-0.15, -0.1) is 0 Å². The lowest BCUT2D eigenvalue weighted by molar-refractivity contribution is 0.127. The molecule has 0 fully saturated rings. The van der Waals surface area contributed by atoms with Crippen molar-refractivity contribution >= 4 is 5.69 Å². The molecule has 0 radical (unpaired) electrons. The number of nitrogens with zero attached hydrogens (tertiary/aromatic N) is 1. The third-order valence-electron chi connectivity index (χ3n) is 7.71. The number of aromatic hydroxyl groups is 5. The molecule has 3 aliphatic heterocycles. The molecule has 0 bridgehead atoms. The number of phenolic OH excluding ortho intramolecular Hbond substituents is 5. The van der Waals surface area contributed by atoms with Gasteiger partial charge in [0.1, 0.15) is 17.8 Å². The molecule has 6 rings (SSSR count). The molecule has 3 aromatic rings. The molecule has 32 heavy (non-hydrogen) atoms. The van der Waals surface area contributed by atoms with Crippen LogP contribution in [-0.4, -0.2) is 39.2 Å². The summed E-state index contributed by atoms with van der Waals surface area (Å²) in [5.41, 5.74) is 5.98. The summed E-state index contributed by atoms with van der Waals surface area (Å²) in [6.07, 6.45) is 1.97. The van der Waals surface area contributed by atoms with Gasteiger partial charge in [-0.25, -0.2) is 0 Å². The van der Waals surface area contributed by atoms with E-state index in [2.05, 4.69) is 0 Å². The summed E-state index contributed by atoms with van der Waals surface area (Å²) in [5.74, 6) is -0.0628. The predicted molar refractivity (Wildman–Crippen MR) is 117 cm³/mol. The van der Waals surface area contributed by atoms with E-state index >= 15 is 0 Å². The monoisotopic (exact) mass is 434 g/mol. The lowest BCUT2D eigenvalue weighted by atomic mass is 9.78. The molecule has 7 nitrogen and oxygen atoms in total. The van der Waals surface area contributed by atoms with Crippen molar-refractivity contribution in [1.82, 2.24) is 4.48 Å². The molecule has 0 saturated heterocycles. The van der Waals surface area contributed by atoms with E-state index < -0.39 is 0 Å². The smallest absolute Gasteiger partial charge is 0.166 e. The Bertz CT molecular complexity index is 1300. The minimum absolute atomic E-state index is 0.0270. The number of ether oxygens (including phenoxy) is 1. The summed E-state index contributed by atoms with van der Waals surface area (Å²) in [6.45, 7) is 0.758. The average molecular weight is 434 g/mol. The fraction of sp³-hybridized carbons (Fsp3) is 0.280. The van der Waals surface area contributed by atoms with Crippen LogP contribution in [-0.2, 0) is 19.3 Å². The van der Waals surface area contributed by atoms with Crippen molar-refractivity contribution in [1.29, 1.82) is 0 Å². The molecule has 3 atom stereocenters. The van der Waals surface area contributed by atoms with Crippen molar-refractivity contribution in [3.8, 4) is 34.5 Å². The van der Waals surface area contributed by atoms with E-state index in [-0.39, 0.29) is 40.8 Å². The number of benzene rings is 3. The highest BCUT2D eigenvalue weighted by atomic mass is 16.5. The van der Waals surface area contributed by atoms with Crippen LogP contribution in [0.2, 0.25) is 0 Å². The Hall–Kier alpha value is -3.58. The number of quaternary nitrogens is 1. The standard InChI is InChI=1S/C25H23NO6/c1-32-25-11-17-14(8-24(25)31)5-19-16-10-23(30)21(28)7-13(16)4-18-15-9-22(29)20(27)6-12(15)2-3-26(17,18)19/h6-11,18-19H,2-5H2,1H3,(H4-,27,28,29,30,31)/p+1/t18-,19+,26-/m0/s1. The minimum atomic E-state index is -0.151. The van der Waals surface area contributed by atoms with Crippen LogP contribution in [0.25, 0.3) is 0 Å². The maximum atomic E-state index is 10.4. The van der Waals surface area contributed by atoms with Gasteiger partial charge >= 0.3 is 0 Å². The van der Waals surface area contributed by atoms with Gasteiger partial charge in [0.25, 0.3) is 0 Å². The summed E-state index contributed by atoms with van der Waals surface area (Å²) in [7, 11) is 1.53. The largest absolute Gasteiger partial charge is 0.504 e. The quantitative estimate of drug-likeness (QED) is 0.295. The van der Waals surface area contributed by atoms with Crippen LogP contribution in [0.15, 0.2) is 36.4 Å². The van der Waals surface area contributed by atoms with E-state index in [0.717, 1.165) is 40.0 Å². The second-order valence-electron chi connectivity index (χ2n) is 9.08. The van der Waals surface area contributed by atoms with Crippen molar-refractivity contribution < 1.29 is 30.3 Å². The Morgan fingerprint density at radius 3 is 1.88 bits per heavy atom. The first kappa shape index (κ1) is 19.1. The highest BCUT2D eigenvalue weighted by Gasteiger charge is 2.58. The molecule has 3 aliphatic rings. The molecular weight excluding hydrogens is 410 g/mol. The number of hydrogen-bond donors (Lipinski definition) is 5. The first-order chi connectivity index (χ1) is 15.3. The van der Waals surface area contributed by atoms with E-state index in [1.165, 1.54) is 7.11 Å². The zero-order chi connectivity index (χ0) is 22.4. The highest BCUT2D eigenvalue weighted by molar-refractivity contribution is 5.68. The molecule has 3 aromatic carbocycles. The third-order valence-corrected chi connectivity index (χ3v) is 7.71. The predicted octanol–water partition coefficient (Wildman–Crippen LogP) is 3.68. The normalized spacial score (nSPS) is 24.7. The zero-order valence-electron chi connectivity index (χ0n) is 17.5. The van der Waals surface area contributed by atoms with Gasteiger partial charge in [0, 0.05) is 42.0 Å². The molecular formula is C25H24NO6+. The first-order valence-corrected chi connectivity index (χ1v) is 10.7. The first-order valence-electron chi connectivity index (χ1n) is 10.7. The van der Waals surface area contributed by atoms with E-state index in [4.69, 9.17) is 4.74 Å². The summed E-state index contributed by atoms with van der Waals surface area (Å²) in [6, 6.07) is 10.2. The molecule has 0 amide bonds. The lowest BCUT2D eigenvalue weighted by Gasteiger charge is -2.52. The van der Waals surface area contributed by atoms with Crippen molar-refractivity contribution in [3.63, 3.8) is 0 Å². The van der Waals surface area contributed by atoms with E-state index in [1.807, 2.05) is 6.07 Å². The Morgan fingerprint density at radius 1 is 0.688 bits per heavy atom. The third kappa shape index (κ3) is 2.29. The van der Waals surface area contributed by atoms with Crippen molar-refractivity contribution in [2.75, 3.05) is 13.7 Å². The van der Waals surface area contributed by atoms with Crippen LogP contribution in [0.1, 0.15) is 39.9 Å². The Morgan fingerprint density at radius 2 is 1.22 bits per heavy atom. The second kappa shape index (κ2) is 6.23. The maximum Gasteiger partial charge on any atom is 0.166 e. The molecule has 164 valence electrons. The number of hydrogen-bond acceptors (Lipinski definition) is 6. The Kier molecular flexibility index (Phi) is 3.73. The number of fused-ring (bicyclic) bond motifs is 5. The fourth-order valence-corrected chi connectivity index (χ4v) is 6.35. The minimum Gasteiger partial charge on any atom is -0.504 e. The lowest BCUT2D eigenvalue weighted by Crippen LogP contribution is -2.58. The molecule has 5 N–H and O–H groups in total. The average Bonchev–Trinajstić information content (AvgIpc) is 3.07. The van der Waals surface area contributed by atoms with Gasteiger partial charge in [-0.05, 0) is 41.5 Å². The molecule has 0 unspecified atom stereocenters. The van der Waals surface area contributed by atoms with Gasteiger partial charge < -0.3 is 30.3 Å². The van der Waals surface area contributed by atoms with Crippen LogP contribution < -0.4 is 9.22 Å². The fourth-order valence-electron chi connectivity index (χ4n) is 6.35. The van der Waals surface area contributed by atoms with Crippen molar-refractivity contribution in [2.45, 2.75) is 31.3 Å². The zero-order valence-corrected chi connectivity index (χ0v) is 17.5. The summed E-state index contributed by atoms with van der Waals surface area (Å²) in [5, 5.41) is 51.3. The Labute approximate surface area is 184 Å². The van der Waals surface area contributed by atoms with Crippen LogP contribution in [0.5, 0.6) is 34.5 Å². The topological polar surface area (TPSA) is 110 Å². The van der Waals surface area contributed by atoms with Gasteiger partial charge in [-0.2, -0.15) is 0 Å². The van der Waals surface area contributed by atoms with Crippen molar-refractivity contribution in [2.24, 2.45) is 0 Å². The molecule has 7 heteroatoms. The van der Waals surface area contributed by atoms with Crippen LogP contribution in [0.4, 0.5) is 5.69 Å². The van der Waals surface area contributed by atoms with Gasteiger partial charge in [0.2, 0.25) is 0 Å². The van der Waals surface area contributed by atoms with Crippen molar-refractivity contribution in [3.05, 3.63) is 64.2 Å². The van der Waals surface area contributed by atoms with E-state index in [9.17, 15) is 25.5 Å². The van der Waals surface area contributed by atoms with Gasteiger partial charge in [-0.1, -0.05) is 0 Å². The molecule has 0 saturated carbocycles. The van der Waals surface area contributed by atoms with E-state index in [1.54, 1.807) is 30.3 Å². The summed E-state index contributed by atoms with van der Waals surface area (Å²) in [4.78, 5) is 0. The van der Waals surface area contributed by atoms with Crippen LogP contribution in [0.3, 0.4) is 0 Å². The summed E-state index contributed by atoms with van der Waals surface area (Å²) >= 11 is 0. The van der Waals surface area contributed by atoms with Crippen LogP contribution >= 0.6 is 0 Å². The van der Waals surface area contributed by atoms with Crippen LogP contribution in [0, 0.1) is 0 Å². The number of rotatable bonds is 1. The summed E-state index contributed by atoms with van der Waals surface area (Å²) < 4.78 is 6.01. The molecule has 0 aliphatic carbocycles.